The zero-order valence-electron chi connectivity index (χ0n) is 9.70. The molecule has 0 aliphatic rings. The van der Waals surface area contributed by atoms with Gasteiger partial charge in [-0.3, -0.25) is 4.79 Å². The molecule has 0 heterocycles. The lowest BCUT2D eigenvalue weighted by Crippen LogP contribution is -2.33. The summed E-state index contributed by atoms with van der Waals surface area (Å²) in [6.07, 6.45) is 0. The molecule has 0 aromatic heterocycles. The molecule has 0 atom stereocenters. The predicted molar refractivity (Wildman–Crippen MR) is 70.9 cm³/mol. The summed E-state index contributed by atoms with van der Waals surface area (Å²) in [6.45, 7) is 5.59. The molecule has 3 nitrogen and oxygen atoms in total. The molecule has 0 spiro atoms. The Morgan fingerprint density at radius 1 is 1.25 bits per heavy atom. The van der Waals surface area contributed by atoms with Crippen LogP contribution in [0.4, 0.5) is 5.69 Å². The van der Waals surface area contributed by atoms with Crippen LogP contribution in [-0.2, 0) is 0 Å². The van der Waals surface area contributed by atoms with Gasteiger partial charge in [0.25, 0.3) is 0 Å². The highest BCUT2D eigenvalue weighted by molar-refractivity contribution is 7.80. The van der Waals surface area contributed by atoms with E-state index in [1.807, 2.05) is 26.0 Å². The van der Waals surface area contributed by atoms with E-state index in [4.69, 9.17) is 12.2 Å². The van der Waals surface area contributed by atoms with Crippen LogP contribution in [0.25, 0.3) is 0 Å². The molecule has 0 aliphatic carbocycles. The third-order valence-corrected chi connectivity index (χ3v) is 2.19. The smallest absolute Gasteiger partial charge is 0.170 e. The molecule has 0 saturated heterocycles. The van der Waals surface area contributed by atoms with Crippen molar-refractivity contribution in [2.75, 3.05) is 5.32 Å². The van der Waals surface area contributed by atoms with Crippen molar-refractivity contribution in [3.05, 3.63) is 29.8 Å². The molecule has 0 radical (unpaired) electrons. The van der Waals surface area contributed by atoms with Gasteiger partial charge >= 0.3 is 0 Å². The maximum absolute atomic E-state index is 11.1. The van der Waals surface area contributed by atoms with Crippen molar-refractivity contribution >= 4 is 28.8 Å². The number of nitrogens with one attached hydrogen (secondary N) is 2. The third kappa shape index (κ3) is 3.98. The molecule has 4 heteroatoms. The lowest BCUT2D eigenvalue weighted by Gasteiger charge is -2.13. The third-order valence-electron chi connectivity index (χ3n) is 1.97. The van der Waals surface area contributed by atoms with Crippen LogP contribution < -0.4 is 10.6 Å². The summed E-state index contributed by atoms with van der Waals surface area (Å²) in [4.78, 5) is 11.1. The molecule has 1 rings (SSSR count). The Morgan fingerprint density at radius 3 is 2.25 bits per heavy atom. The van der Waals surface area contributed by atoms with E-state index < -0.39 is 0 Å². The van der Waals surface area contributed by atoms with Gasteiger partial charge in [0, 0.05) is 17.3 Å². The standard InChI is InChI=1S/C12H16N2OS/c1-8(2)13-12(16)14-11-6-4-10(5-7-11)9(3)15/h4-8H,1-3H3,(H2,13,14,16). The van der Waals surface area contributed by atoms with E-state index in [0.29, 0.717) is 16.7 Å². The number of benzene rings is 1. The van der Waals surface area contributed by atoms with Crippen molar-refractivity contribution in [3.8, 4) is 0 Å². The van der Waals surface area contributed by atoms with Gasteiger partial charge in [0.05, 0.1) is 0 Å². The van der Waals surface area contributed by atoms with Crippen molar-refractivity contribution in [2.24, 2.45) is 0 Å². The van der Waals surface area contributed by atoms with Crippen molar-refractivity contribution in [1.82, 2.24) is 5.32 Å². The Balaban J connectivity index is 2.62. The van der Waals surface area contributed by atoms with Crippen LogP contribution in [0.1, 0.15) is 31.1 Å². The molecule has 0 bridgehead atoms. The van der Waals surface area contributed by atoms with Gasteiger partial charge in [0.2, 0.25) is 0 Å². The van der Waals surface area contributed by atoms with Crippen LogP contribution >= 0.6 is 12.2 Å². The molecule has 0 unspecified atom stereocenters. The summed E-state index contributed by atoms with van der Waals surface area (Å²) < 4.78 is 0. The first-order valence-electron chi connectivity index (χ1n) is 5.17. The van der Waals surface area contributed by atoms with Crippen molar-refractivity contribution in [3.63, 3.8) is 0 Å². The SMILES string of the molecule is CC(=O)c1ccc(NC(=S)NC(C)C)cc1. The number of thiocarbonyl (C=S) groups is 1. The van der Waals surface area contributed by atoms with Crippen LogP contribution in [-0.4, -0.2) is 16.9 Å². The number of anilines is 1. The van der Waals surface area contributed by atoms with Gasteiger partial charge in [-0.15, -0.1) is 0 Å². The first kappa shape index (κ1) is 12.6. The minimum Gasteiger partial charge on any atom is -0.360 e. The average molecular weight is 236 g/mol. The van der Waals surface area contributed by atoms with Gasteiger partial charge in [-0.1, -0.05) is 0 Å². The zero-order chi connectivity index (χ0) is 12.1. The number of hydrogen-bond acceptors (Lipinski definition) is 2. The fourth-order valence-corrected chi connectivity index (χ4v) is 1.57. The first-order valence-corrected chi connectivity index (χ1v) is 5.58. The Morgan fingerprint density at radius 2 is 1.81 bits per heavy atom. The maximum atomic E-state index is 11.1. The highest BCUT2D eigenvalue weighted by atomic mass is 32.1. The van der Waals surface area contributed by atoms with Gasteiger partial charge in [0.1, 0.15) is 0 Å². The molecular formula is C12H16N2OS. The normalized spacial score (nSPS) is 10.0. The van der Waals surface area contributed by atoms with E-state index in [0.717, 1.165) is 5.69 Å². The van der Waals surface area contributed by atoms with Crippen LogP contribution in [0, 0.1) is 0 Å². The highest BCUT2D eigenvalue weighted by Gasteiger charge is 2.01. The fraction of sp³-hybridized carbons (Fsp3) is 0.333. The number of carbonyl (C=O) groups excluding carboxylic acids is 1. The summed E-state index contributed by atoms with van der Waals surface area (Å²) in [7, 11) is 0. The number of ketones is 1. The Labute approximate surface area is 101 Å². The molecule has 1 aromatic rings. The highest BCUT2D eigenvalue weighted by Crippen LogP contribution is 2.09. The Hall–Kier alpha value is -1.42. The number of hydrogen-bond donors (Lipinski definition) is 2. The lowest BCUT2D eigenvalue weighted by atomic mass is 10.1. The molecule has 86 valence electrons. The monoisotopic (exact) mass is 236 g/mol. The van der Waals surface area contributed by atoms with Crippen molar-refractivity contribution < 1.29 is 4.79 Å². The molecule has 0 fully saturated rings. The Bertz CT molecular complexity index is 385. The van der Waals surface area contributed by atoms with Gasteiger partial charge in [0.15, 0.2) is 10.9 Å². The molecular weight excluding hydrogens is 220 g/mol. The first-order chi connectivity index (χ1) is 7.49. The van der Waals surface area contributed by atoms with Gasteiger partial charge < -0.3 is 10.6 Å². The van der Waals surface area contributed by atoms with E-state index in [9.17, 15) is 4.79 Å². The summed E-state index contributed by atoms with van der Waals surface area (Å²) in [6, 6.07) is 7.54. The molecule has 2 N–H and O–H groups in total. The van der Waals surface area contributed by atoms with Gasteiger partial charge in [-0.25, -0.2) is 0 Å². The second-order valence-corrected chi connectivity index (χ2v) is 4.29. The minimum atomic E-state index is 0.0643. The van der Waals surface area contributed by atoms with Crippen LogP contribution in [0.3, 0.4) is 0 Å². The molecule has 0 amide bonds. The second-order valence-electron chi connectivity index (χ2n) is 3.89. The molecule has 0 aliphatic heterocycles. The lowest BCUT2D eigenvalue weighted by molar-refractivity contribution is 0.101. The van der Waals surface area contributed by atoms with E-state index in [-0.39, 0.29) is 5.78 Å². The van der Waals surface area contributed by atoms with E-state index in [1.165, 1.54) is 0 Å². The maximum Gasteiger partial charge on any atom is 0.170 e. The van der Waals surface area contributed by atoms with Crippen LogP contribution in [0.5, 0.6) is 0 Å². The Kier molecular flexibility index (Phi) is 4.43. The number of Topliss-reactive ketones (excluding diaryl/α,β-unsaturated/α-hetero) is 1. The van der Waals surface area contributed by atoms with Crippen molar-refractivity contribution in [1.29, 1.82) is 0 Å². The number of carbonyl (C=O) groups is 1. The average Bonchev–Trinajstić information content (AvgIpc) is 2.16. The second kappa shape index (κ2) is 5.61. The summed E-state index contributed by atoms with van der Waals surface area (Å²) in [5, 5.41) is 6.72. The van der Waals surface area contributed by atoms with E-state index >= 15 is 0 Å². The summed E-state index contributed by atoms with van der Waals surface area (Å²) >= 11 is 5.11. The molecule has 16 heavy (non-hydrogen) atoms. The number of rotatable bonds is 3. The molecule has 0 saturated carbocycles. The van der Waals surface area contributed by atoms with Crippen LogP contribution in [0.15, 0.2) is 24.3 Å². The van der Waals surface area contributed by atoms with Gasteiger partial charge in [-0.2, -0.15) is 0 Å². The topological polar surface area (TPSA) is 41.1 Å². The van der Waals surface area contributed by atoms with Crippen molar-refractivity contribution in [2.45, 2.75) is 26.8 Å². The van der Waals surface area contributed by atoms with Crippen LogP contribution in [0.2, 0.25) is 0 Å². The van der Waals surface area contributed by atoms with Gasteiger partial charge in [-0.05, 0) is 57.3 Å². The summed E-state index contributed by atoms with van der Waals surface area (Å²) in [5.41, 5.74) is 1.58. The zero-order valence-corrected chi connectivity index (χ0v) is 10.5. The van der Waals surface area contributed by atoms with E-state index in [1.54, 1.807) is 19.1 Å². The summed E-state index contributed by atoms with van der Waals surface area (Å²) in [5.74, 6) is 0.0643. The molecule has 1 aromatic carbocycles. The van der Waals surface area contributed by atoms with E-state index in [2.05, 4.69) is 10.6 Å². The fourth-order valence-electron chi connectivity index (χ4n) is 1.22. The predicted octanol–water partition coefficient (Wildman–Crippen LogP) is 2.58. The quantitative estimate of drug-likeness (QED) is 0.625. The largest absolute Gasteiger partial charge is 0.360 e. The minimum absolute atomic E-state index is 0.0643.